The van der Waals surface area contributed by atoms with Gasteiger partial charge in [0.2, 0.25) is 11.6 Å². The maximum Gasteiger partial charge on any atom is 0.343 e. The summed E-state index contributed by atoms with van der Waals surface area (Å²) in [6.45, 7) is 4.99. The highest BCUT2D eigenvalue weighted by Gasteiger charge is 2.20. The van der Waals surface area contributed by atoms with Crippen molar-refractivity contribution in [1.29, 1.82) is 0 Å². The normalized spacial score (nSPS) is 11.6. The molecule has 4 aromatic rings. The van der Waals surface area contributed by atoms with Crippen molar-refractivity contribution in [3.8, 4) is 33.8 Å². The van der Waals surface area contributed by atoms with E-state index in [0.29, 0.717) is 11.1 Å². The van der Waals surface area contributed by atoms with E-state index in [2.05, 4.69) is 6.58 Å². The average molecular weight is 522 g/mol. The second kappa shape index (κ2) is 11.3. The smallest absolute Gasteiger partial charge is 0.343 e. The highest BCUT2D eigenvalue weighted by molar-refractivity contribution is 5.91. The Balaban J connectivity index is 1.53. The van der Waals surface area contributed by atoms with Crippen LogP contribution in [0.4, 0.5) is 17.6 Å². The van der Waals surface area contributed by atoms with E-state index in [1.165, 1.54) is 42.5 Å². The minimum Gasteiger partial charge on any atom is -0.486 e. The molecule has 38 heavy (non-hydrogen) atoms. The van der Waals surface area contributed by atoms with Gasteiger partial charge in [-0.2, -0.15) is 8.78 Å². The predicted molar refractivity (Wildman–Crippen MR) is 135 cm³/mol. The molecule has 0 saturated carbocycles. The Morgan fingerprint density at radius 2 is 1.29 bits per heavy atom. The lowest BCUT2D eigenvalue weighted by atomic mass is 9.97. The Bertz CT molecular complexity index is 1480. The summed E-state index contributed by atoms with van der Waals surface area (Å²) < 4.78 is 68.3. The van der Waals surface area contributed by atoms with E-state index in [9.17, 15) is 27.5 Å². The highest BCUT2D eigenvalue weighted by Crippen LogP contribution is 2.33. The molecule has 0 bridgehead atoms. The van der Waals surface area contributed by atoms with Crippen LogP contribution in [-0.2, 0) is 0 Å². The van der Waals surface area contributed by atoms with E-state index in [4.69, 9.17) is 9.47 Å². The number of carbonyl (C=O) groups excluding carboxylic acids is 1. The van der Waals surface area contributed by atoms with Crippen LogP contribution in [0, 0.1) is 23.3 Å². The van der Waals surface area contributed by atoms with Gasteiger partial charge in [0, 0.05) is 11.1 Å². The third-order valence-corrected chi connectivity index (χ3v) is 5.79. The van der Waals surface area contributed by atoms with E-state index in [0.717, 1.165) is 12.1 Å². The van der Waals surface area contributed by atoms with E-state index in [1.807, 2.05) is 0 Å². The molecule has 0 heterocycles. The van der Waals surface area contributed by atoms with E-state index in [1.54, 1.807) is 31.2 Å². The third-order valence-electron chi connectivity index (χ3n) is 5.79. The van der Waals surface area contributed by atoms with Gasteiger partial charge in [-0.05, 0) is 47.9 Å². The van der Waals surface area contributed by atoms with Crippen LogP contribution in [0.2, 0.25) is 0 Å². The summed E-state index contributed by atoms with van der Waals surface area (Å²) in [5.41, 5.74) is 1.38. The molecule has 4 nitrogen and oxygen atoms in total. The number of hydrogen-bond donors (Lipinski definition) is 1. The molecule has 0 saturated heterocycles. The second-order valence-electron chi connectivity index (χ2n) is 8.34. The molecule has 8 heteroatoms. The molecule has 0 spiro atoms. The van der Waals surface area contributed by atoms with Crippen molar-refractivity contribution in [3.63, 3.8) is 0 Å². The van der Waals surface area contributed by atoms with Crippen molar-refractivity contribution in [1.82, 2.24) is 0 Å². The number of carbonyl (C=O) groups is 1. The van der Waals surface area contributed by atoms with Gasteiger partial charge >= 0.3 is 5.97 Å². The van der Waals surface area contributed by atoms with Crippen LogP contribution in [0.5, 0.6) is 11.5 Å². The van der Waals surface area contributed by atoms with Crippen molar-refractivity contribution < 1.29 is 36.9 Å². The van der Waals surface area contributed by atoms with Gasteiger partial charge in [-0.15, -0.1) is 0 Å². The summed E-state index contributed by atoms with van der Waals surface area (Å²) in [5.74, 6) is -6.79. The van der Waals surface area contributed by atoms with Gasteiger partial charge < -0.3 is 14.6 Å². The molecule has 1 unspecified atom stereocenters. The molecule has 4 rings (SSSR count). The minimum atomic E-state index is -1.39. The van der Waals surface area contributed by atoms with Crippen LogP contribution in [0.1, 0.15) is 28.9 Å². The van der Waals surface area contributed by atoms with Crippen molar-refractivity contribution >= 4 is 5.97 Å². The van der Waals surface area contributed by atoms with Gasteiger partial charge in [0.05, 0.1) is 11.7 Å². The first kappa shape index (κ1) is 26.6. The quantitative estimate of drug-likeness (QED) is 0.113. The van der Waals surface area contributed by atoms with Gasteiger partial charge in [-0.1, -0.05) is 61.2 Å². The molecule has 1 N–H and O–H groups in total. The fourth-order valence-corrected chi connectivity index (χ4v) is 3.73. The highest BCUT2D eigenvalue weighted by atomic mass is 19.2. The van der Waals surface area contributed by atoms with Crippen LogP contribution >= 0.6 is 0 Å². The Morgan fingerprint density at radius 1 is 0.789 bits per heavy atom. The molecule has 0 aromatic heterocycles. The molecule has 0 fully saturated rings. The molecule has 0 aliphatic carbocycles. The summed E-state index contributed by atoms with van der Waals surface area (Å²) >= 11 is 0. The zero-order valence-electron chi connectivity index (χ0n) is 20.2. The lowest BCUT2D eigenvalue weighted by molar-refractivity contribution is 0.0726. The van der Waals surface area contributed by atoms with Crippen LogP contribution in [-0.4, -0.2) is 17.7 Å². The number of aliphatic hydroxyl groups excluding tert-OH is 1. The number of hydrogen-bond acceptors (Lipinski definition) is 4. The Morgan fingerprint density at radius 3 is 1.82 bits per heavy atom. The van der Waals surface area contributed by atoms with Gasteiger partial charge in [0.15, 0.2) is 23.1 Å². The molecule has 1 atom stereocenters. The van der Waals surface area contributed by atoms with Crippen LogP contribution in [0.3, 0.4) is 0 Å². The third kappa shape index (κ3) is 5.45. The fraction of sp³-hybridized carbons (Fsp3) is 0.100. The van der Waals surface area contributed by atoms with Gasteiger partial charge in [0.25, 0.3) is 0 Å². The lowest BCUT2D eigenvalue weighted by Crippen LogP contribution is -2.10. The number of halogens is 4. The zero-order chi connectivity index (χ0) is 27.4. The van der Waals surface area contributed by atoms with E-state index in [-0.39, 0.29) is 34.6 Å². The predicted octanol–water partition coefficient (Wildman–Crippen LogP) is 7.41. The first-order valence-corrected chi connectivity index (χ1v) is 11.5. The first-order chi connectivity index (χ1) is 18.2. The maximum atomic E-state index is 15.0. The van der Waals surface area contributed by atoms with Crippen LogP contribution < -0.4 is 9.47 Å². The Kier molecular flexibility index (Phi) is 7.93. The monoisotopic (exact) mass is 522 g/mol. The number of ether oxygens (including phenoxy) is 2. The van der Waals surface area contributed by atoms with Gasteiger partial charge in [0.1, 0.15) is 6.61 Å². The fourth-order valence-electron chi connectivity index (χ4n) is 3.73. The summed E-state index contributed by atoms with van der Waals surface area (Å²) in [5, 5.41) is 9.63. The molecular weight excluding hydrogens is 500 g/mol. The molecule has 4 aromatic carbocycles. The summed E-state index contributed by atoms with van der Waals surface area (Å²) in [7, 11) is 0. The maximum absolute atomic E-state index is 15.0. The zero-order valence-corrected chi connectivity index (χ0v) is 20.2. The number of rotatable bonds is 8. The number of benzene rings is 4. The minimum absolute atomic E-state index is 0.0174. The second-order valence-corrected chi connectivity index (χ2v) is 8.34. The summed E-state index contributed by atoms with van der Waals surface area (Å²) in [4.78, 5) is 12.5. The van der Waals surface area contributed by atoms with Crippen molar-refractivity contribution in [3.05, 3.63) is 120 Å². The largest absolute Gasteiger partial charge is 0.486 e. The lowest BCUT2D eigenvalue weighted by Gasteiger charge is -2.11. The molecule has 0 radical (unpaired) electrons. The van der Waals surface area contributed by atoms with Gasteiger partial charge in [-0.3, -0.25) is 0 Å². The Hall–Kier alpha value is -4.43. The number of aliphatic hydroxyl groups is 1. The van der Waals surface area contributed by atoms with Crippen molar-refractivity contribution in [2.45, 2.75) is 13.0 Å². The standard InChI is InChI=1S/C30H22F4O4/c1-3-16-37-24-14-15-25(29(34)28(24)33)38-30(36)21-10-8-20(9-11-21)23-13-12-22(26(31)27(23)32)19-6-4-18(5-7-19)17(2)35/h3-15,17,35H,1,16H2,2H3. The molecule has 0 aliphatic heterocycles. The summed E-state index contributed by atoms with van der Waals surface area (Å²) in [6, 6.07) is 16.8. The topological polar surface area (TPSA) is 55.8 Å². The van der Waals surface area contributed by atoms with Gasteiger partial charge in [-0.25, -0.2) is 13.6 Å². The molecular formula is C30H22F4O4. The van der Waals surface area contributed by atoms with Crippen molar-refractivity contribution in [2.24, 2.45) is 0 Å². The van der Waals surface area contributed by atoms with Crippen LogP contribution in [0.25, 0.3) is 22.3 Å². The molecule has 194 valence electrons. The first-order valence-electron chi connectivity index (χ1n) is 11.5. The van der Waals surface area contributed by atoms with Crippen molar-refractivity contribution in [2.75, 3.05) is 6.61 Å². The summed E-state index contributed by atoms with van der Waals surface area (Å²) in [6.07, 6.45) is 0.678. The Labute approximate surface area is 216 Å². The SMILES string of the molecule is C=CCOc1ccc(OC(=O)c2ccc(-c3ccc(-c4ccc(C(C)O)cc4)c(F)c3F)cc2)c(F)c1F. The van der Waals surface area contributed by atoms with E-state index < -0.39 is 41.1 Å². The van der Waals surface area contributed by atoms with E-state index >= 15 is 0 Å². The molecule has 0 amide bonds. The van der Waals surface area contributed by atoms with Crippen LogP contribution in [0.15, 0.2) is 85.5 Å². The molecule has 0 aliphatic rings. The number of esters is 1. The average Bonchev–Trinajstić information content (AvgIpc) is 2.92.